The number of nitrogens with two attached hydrogens (primary N) is 1. The molecular weight excluding hydrogens is 277 g/mol. The van der Waals surface area contributed by atoms with Crippen molar-refractivity contribution in [1.82, 2.24) is 0 Å². The fourth-order valence-corrected chi connectivity index (χ4v) is 9.74. The lowest BCUT2D eigenvalue weighted by atomic mass is 9.97. The molecule has 2 nitrogen and oxygen atoms in total. The van der Waals surface area contributed by atoms with Crippen LogP contribution in [0.15, 0.2) is 0 Å². The van der Waals surface area contributed by atoms with E-state index >= 15 is 0 Å². The van der Waals surface area contributed by atoms with E-state index in [2.05, 4.69) is 0 Å². The number of hydrogen-bond donors (Lipinski definition) is 1. The van der Waals surface area contributed by atoms with Crippen LogP contribution in [0, 0.1) is 0 Å². The molecule has 0 unspecified atom stereocenters. The molecule has 3 fully saturated rings. The minimum absolute atomic E-state index is 0.264. The fourth-order valence-electron chi connectivity index (χ4n) is 5.13. The van der Waals surface area contributed by atoms with Crippen LogP contribution in [0.3, 0.4) is 0 Å². The van der Waals surface area contributed by atoms with E-state index in [1.54, 1.807) is 25.7 Å². The zero-order valence-electron chi connectivity index (χ0n) is 13.6. The van der Waals surface area contributed by atoms with Crippen LogP contribution in [0.1, 0.15) is 89.9 Å². The summed E-state index contributed by atoms with van der Waals surface area (Å²) in [6.45, 7) is 0. The average Bonchev–Trinajstić information content (AvgIpc) is 2.58. The molecule has 122 valence electrons. The van der Waals surface area contributed by atoms with Crippen molar-refractivity contribution >= 4 is 7.92 Å². The molecule has 2 N–H and O–H groups in total. The molecule has 3 rings (SSSR count). The SMILES string of the molecule is NOC1CCC(P(C2CCCCC2)C2CCCCC2)CC1. The highest BCUT2D eigenvalue weighted by Crippen LogP contribution is 2.61. The fraction of sp³-hybridized carbons (Fsp3) is 1.00. The van der Waals surface area contributed by atoms with Gasteiger partial charge in [0.1, 0.15) is 0 Å². The first-order valence-corrected chi connectivity index (χ1v) is 11.1. The van der Waals surface area contributed by atoms with Gasteiger partial charge in [0.15, 0.2) is 0 Å². The maximum absolute atomic E-state index is 5.42. The molecule has 0 aliphatic heterocycles. The van der Waals surface area contributed by atoms with Crippen molar-refractivity contribution in [3.63, 3.8) is 0 Å². The van der Waals surface area contributed by atoms with E-state index in [1.807, 2.05) is 0 Å². The Morgan fingerprint density at radius 1 is 0.571 bits per heavy atom. The van der Waals surface area contributed by atoms with Gasteiger partial charge in [-0.05, 0) is 68.3 Å². The van der Waals surface area contributed by atoms with Crippen molar-refractivity contribution < 1.29 is 4.84 Å². The lowest BCUT2D eigenvalue weighted by Crippen LogP contribution is -2.32. The van der Waals surface area contributed by atoms with Gasteiger partial charge in [-0.15, -0.1) is 0 Å². The molecule has 0 radical (unpaired) electrons. The van der Waals surface area contributed by atoms with Crippen LogP contribution < -0.4 is 5.90 Å². The van der Waals surface area contributed by atoms with Gasteiger partial charge < -0.3 is 4.84 Å². The Kier molecular flexibility index (Phi) is 6.39. The molecule has 3 aliphatic carbocycles. The van der Waals surface area contributed by atoms with Crippen molar-refractivity contribution in [2.45, 2.75) is 113 Å². The predicted molar refractivity (Wildman–Crippen MR) is 92.0 cm³/mol. The lowest BCUT2D eigenvalue weighted by molar-refractivity contribution is 0.0285. The van der Waals surface area contributed by atoms with Crippen molar-refractivity contribution in [2.75, 3.05) is 0 Å². The molecular formula is C18H34NOP. The average molecular weight is 311 g/mol. The zero-order valence-corrected chi connectivity index (χ0v) is 14.5. The van der Waals surface area contributed by atoms with Gasteiger partial charge in [0.2, 0.25) is 0 Å². The van der Waals surface area contributed by atoms with Crippen LogP contribution in [-0.4, -0.2) is 23.1 Å². The summed E-state index contributed by atoms with van der Waals surface area (Å²) < 4.78 is 0. The summed E-state index contributed by atoms with van der Waals surface area (Å²) >= 11 is 0. The van der Waals surface area contributed by atoms with E-state index in [0.29, 0.717) is 6.10 Å². The Morgan fingerprint density at radius 3 is 1.43 bits per heavy atom. The van der Waals surface area contributed by atoms with Gasteiger partial charge in [0, 0.05) is 0 Å². The number of hydrogen-bond acceptors (Lipinski definition) is 2. The largest absolute Gasteiger partial charge is 0.301 e. The molecule has 3 saturated carbocycles. The van der Waals surface area contributed by atoms with Gasteiger partial charge in [-0.1, -0.05) is 46.4 Å². The maximum atomic E-state index is 5.42. The van der Waals surface area contributed by atoms with Crippen LogP contribution in [0.5, 0.6) is 0 Å². The molecule has 3 heteroatoms. The summed E-state index contributed by atoms with van der Waals surface area (Å²) in [5, 5.41) is 0. The molecule has 0 spiro atoms. The van der Waals surface area contributed by atoms with E-state index in [9.17, 15) is 0 Å². The second-order valence-corrected chi connectivity index (χ2v) is 10.7. The van der Waals surface area contributed by atoms with E-state index in [-0.39, 0.29) is 7.92 Å². The third-order valence-corrected chi connectivity index (χ3v) is 10.3. The highest BCUT2D eigenvalue weighted by atomic mass is 31.1. The quantitative estimate of drug-likeness (QED) is 0.562. The van der Waals surface area contributed by atoms with E-state index < -0.39 is 0 Å². The van der Waals surface area contributed by atoms with E-state index in [4.69, 9.17) is 10.7 Å². The Morgan fingerprint density at radius 2 is 1.00 bits per heavy atom. The Bertz CT molecular complexity index is 274. The zero-order chi connectivity index (χ0) is 14.5. The van der Waals surface area contributed by atoms with Gasteiger partial charge in [-0.3, -0.25) is 0 Å². The summed E-state index contributed by atoms with van der Waals surface area (Å²) in [4.78, 5) is 5.12. The molecule has 0 aromatic carbocycles. The van der Waals surface area contributed by atoms with Crippen LogP contribution in [0.25, 0.3) is 0 Å². The summed E-state index contributed by atoms with van der Waals surface area (Å²) in [6.07, 6.45) is 20.9. The van der Waals surface area contributed by atoms with Crippen LogP contribution in [-0.2, 0) is 4.84 Å². The molecule has 21 heavy (non-hydrogen) atoms. The van der Waals surface area contributed by atoms with Gasteiger partial charge >= 0.3 is 0 Å². The molecule has 0 amide bonds. The van der Waals surface area contributed by atoms with Crippen molar-refractivity contribution in [3.05, 3.63) is 0 Å². The summed E-state index contributed by atoms with van der Waals surface area (Å²) in [6, 6.07) is 0. The van der Waals surface area contributed by atoms with E-state index in [1.165, 1.54) is 64.2 Å². The van der Waals surface area contributed by atoms with Crippen molar-refractivity contribution in [3.8, 4) is 0 Å². The third-order valence-electron chi connectivity index (χ3n) is 6.25. The first-order valence-electron chi connectivity index (χ1n) is 9.51. The standard InChI is InChI=1S/C18H34NOP/c19-20-15-11-13-18(14-12-15)21(16-7-3-1-4-8-16)17-9-5-2-6-10-17/h15-18H,1-14,19H2. The molecule has 0 atom stereocenters. The first kappa shape index (κ1) is 16.2. The normalized spacial score (nSPS) is 33.4. The Balaban J connectivity index is 1.65. The molecule has 0 saturated heterocycles. The van der Waals surface area contributed by atoms with Crippen molar-refractivity contribution in [1.29, 1.82) is 0 Å². The highest BCUT2D eigenvalue weighted by Gasteiger charge is 2.37. The smallest absolute Gasteiger partial charge is 0.0787 e. The monoisotopic (exact) mass is 311 g/mol. The van der Waals surface area contributed by atoms with Crippen molar-refractivity contribution in [2.24, 2.45) is 5.90 Å². The third kappa shape index (κ3) is 4.21. The van der Waals surface area contributed by atoms with Gasteiger partial charge in [0.05, 0.1) is 6.10 Å². The number of rotatable bonds is 4. The molecule has 0 heterocycles. The van der Waals surface area contributed by atoms with Crippen LogP contribution in [0.4, 0.5) is 0 Å². The van der Waals surface area contributed by atoms with Crippen LogP contribution >= 0.6 is 7.92 Å². The minimum atomic E-state index is 0.264. The topological polar surface area (TPSA) is 35.2 Å². The molecule has 3 aliphatic rings. The van der Waals surface area contributed by atoms with Gasteiger partial charge in [0.25, 0.3) is 0 Å². The second-order valence-electron chi connectivity index (χ2n) is 7.60. The summed E-state index contributed by atoms with van der Waals surface area (Å²) in [5.74, 6) is 5.42. The van der Waals surface area contributed by atoms with Gasteiger partial charge in [-0.2, -0.15) is 0 Å². The first-order chi connectivity index (χ1) is 10.4. The Labute approximate surface area is 132 Å². The molecule has 0 aromatic rings. The molecule has 0 aromatic heterocycles. The summed E-state index contributed by atoms with van der Waals surface area (Å²) in [5.41, 5.74) is 3.26. The van der Waals surface area contributed by atoms with Crippen LogP contribution in [0.2, 0.25) is 0 Å². The minimum Gasteiger partial charge on any atom is -0.301 e. The Hall–Kier alpha value is 0.350. The second kappa shape index (κ2) is 8.27. The predicted octanol–water partition coefficient (Wildman–Crippen LogP) is 5.34. The highest BCUT2D eigenvalue weighted by molar-refractivity contribution is 7.60. The van der Waals surface area contributed by atoms with Gasteiger partial charge in [-0.25, -0.2) is 5.90 Å². The summed E-state index contributed by atoms with van der Waals surface area (Å²) in [7, 11) is 0.264. The lowest BCUT2D eigenvalue weighted by Gasteiger charge is -2.45. The van der Waals surface area contributed by atoms with E-state index in [0.717, 1.165) is 17.0 Å². The molecule has 0 bridgehead atoms. The maximum Gasteiger partial charge on any atom is 0.0787 e.